The highest BCUT2D eigenvalue weighted by Gasteiger charge is 2.17. The van der Waals surface area contributed by atoms with Gasteiger partial charge in [-0.15, -0.1) is 0 Å². The molecule has 0 aromatic heterocycles. The summed E-state index contributed by atoms with van der Waals surface area (Å²) in [5, 5.41) is 7.23. The number of hydrogen-bond acceptors (Lipinski definition) is 4. The first-order valence-electron chi connectivity index (χ1n) is 8.03. The molecule has 0 amide bonds. The zero-order valence-corrected chi connectivity index (χ0v) is 16.3. The summed E-state index contributed by atoms with van der Waals surface area (Å²) in [7, 11) is 1.77. The van der Waals surface area contributed by atoms with Crippen molar-refractivity contribution in [2.75, 3.05) is 33.1 Å². The van der Waals surface area contributed by atoms with Crippen LogP contribution in [0.5, 0.6) is 11.5 Å². The molecule has 0 spiro atoms. The fourth-order valence-electron chi connectivity index (χ4n) is 2.16. The molecular formula is C17H26ClN3O2S. The molecule has 1 aromatic carbocycles. The summed E-state index contributed by atoms with van der Waals surface area (Å²) in [5.74, 6) is 2.12. The maximum atomic E-state index is 6.33. The van der Waals surface area contributed by atoms with Crippen molar-refractivity contribution in [3.63, 3.8) is 0 Å². The monoisotopic (exact) mass is 371 g/mol. The van der Waals surface area contributed by atoms with Crippen LogP contribution in [-0.2, 0) is 6.54 Å². The molecule has 24 heavy (non-hydrogen) atoms. The molecule has 2 rings (SSSR count). The van der Waals surface area contributed by atoms with Crippen LogP contribution in [0.4, 0.5) is 0 Å². The molecule has 134 valence electrons. The van der Waals surface area contributed by atoms with Gasteiger partial charge in [0.2, 0.25) is 0 Å². The van der Waals surface area contributed by atoms with E-state index in [1.165, 1.54) is 0 Å². The van der Waals surface area contributed by atoms with E-state index in [1.54, 1.807) is 7.05 Å². The summed E-state index contributed by atoms with van der Waals surface area (Å²) in [4.78, 5) is 4.26. The van der Waals surface area contributed by atoms with Gasteiger partial charge in [0.05, 0.1) is 18.2 Å². The molecule has 1 aromatic rings. The van der Waals surface area contributed by atoms with Crippen molar-refractivity contribution in [1.82, 2.24) is 10.6 Å². The highest BCUT2D eigenvalue weighted by Crippen LogP contribution is 2.37. The van der Waals surface area contributed by atoms with E-state index < -0.39 is 0 Å². The quantitative estimate of drug-likeness (QED) is 0.614. The van der Waals surface area contributed by atoms with Crippen LogP contribution in [0.1, 0.15) is 25.8 Å². The second kappa shape index (κ2) is 8.72. The maximum Gasteiger partial charge on any atom is 0.191 e. The number of benzene rings is 1. The van der Waals surface area contributed by atoms with E-state index in [1.807, 2.05) is 23.9 Å². The van der Waals surface area contributed by atoms with Gasteiger partial charge in [-0.05, 0) is 37.8 Å². The predicted octanol–water partition coefficient (Wildman–Crippen LogP) is 3.31. The number of ether oxygens (including phenoxy) is 2. The minimum absolute atomic E-state index is 0.149. The smallest absolute Gasteiger partial charge is 0.191 e. The molecule has 1 heterocycles. The summed E-state index contributed by atoms with van der Waals surface area (Å²) in [6.45, 7) is 7.10. The Hall–Kier alpha value is -1.27. The van der Waals surface area contributed by atoms with Gasteiger partial charge in [-0.2, -0.15) is 11.8 Å². The summed E-state index contributed by atoms with van der Waals surface area (Å²) >= 11 is 8.15. The van der Waals surface area contributed by atoms with Crippen LogP contribution in [-0.4, -0.2) is 43.8 Å². The Morgan fingerprint density at radius 3 is 2.75 bits per heavy atom. The van der Waals surface area contributed by atoms with Crippen molar-refractivity contribution >= 4 is 29.3 Å². The van der Waals surface area contributed by atoms with Gasteiger partial charge in [-0.3, -0.25) is 4.99 Å². The lowest BCUT2D eigenvalue weighted by Gasteiger charge is -2.23. The van der Waals surface area contributed by atoms with Gasteiger partial charge in [0.15, 0.2) is 17.5 Å². The van der Waals surface area contributed by atoms with E-state index in [-0.39, 0.29) is 4.75 Å². The van der Waals surface area contributed by atoms with Gasteiger partial charge in [0.25, 0.3) is 0 Å². The molecule has 0 unspecified atom stereocenters. The van der Waals surface area contributed by atoms with Crippen LogP contribution in [0.25, 0.3) is 0 Å². The Morgan fingerprint density at radius 2 is 2.04 bits per heavy atom. The summed E-state index contributed by atoms with van der Waals surface area (Å²) in [6, 6.07) is 3.87. The number of nitrogens with one attached hydrogen (secondary N) is 2. The molecule has 1 aliphatic heterocycles. The van der Waals surface area contributed by atoms with Gasteiger partial charge in [0.1, 0.15) is 0 Å². The zero-order valence-electron chi connectivity index (χ0n) is 14.7. The Morgan fingerprint density at radius 1 is 1.29 bits per heavy atom. The Balaban J connectivity index is 1.98. The Kier molecular flexibility index (Phi) is 6.92. The SMILES string of the molecule is CN=C(NCc1cc(Cl)c2c(c1)OCCCO2)NCC(C)(C)SC. The fraction of sp³-hybridized carbons (Fsp3) is 0.588. The molecule has 0 atom stereocenters. The van der Waals surface area contributed by atoms with Gasteiger partial charge in [0, 0.05) is 31.3 Å². The molecule has 2 N–H and O–H groups in total. The molecule has 0 bridgehead atoms. The average molecular weight is 372 g/mol. The van der Waals surface area contributed by atoms with Crippen molar-refractivity contribution in [2.24, 2.45) is 4.99 Å². The van der Waals surface area contributed by atoms with E-state index in [9.17, 15) is 0 Å². The lowest BCUT2D eigenvalue weighted by atomic mass is 10.2. The largest absolute Gasteiger partial charge is 0.489 e. The molecular weight excluding hydrogens is 346 g/mol. The summed E-state index contributed by atoms with van der Waals surface area (Å²) < 4.78 is 11.5. The highest BCUT2D eigenvalue weighted by atomic mass is 35.5. The lowest BCUT2D eigenvalue weighted by Crippen LogP contribution is -2.42. The van der Waals surface area contributed by atoms with Crippen LogP contribution < -0.4 is 20.1 Å². The van der Waals surface area contributed by atoms with Crippen LogP contribution in [0.2, 0.25) is 5.02 Å². The van der Waals surface area contributed by atoms with Crippen molar-refractivity contribution in [2.45, 2.75) is 31.6 Å². The lowest BCUT2D eigenvalue weighted by molar-refractivity contribution is 0.297. The highest BCUT2D eigenvalue weighted by molar-refractivity contribution is 7.99. The third-order valence-corrected chi connectivity index (χ3v) is 5.31. The van der Waals surface area contributed by atoms with Crippen molar-refractivity contribution < 1.29 is 9.47 Å². The zero-order chi connectivity index (χ0) is 17.6. The minimum Gasteiger partial charge on any atom is -0.489 e. The van der Waals surface area contributed by atoms with Crippen molar-refractivity contribution in [3.8, 4) is 11.5 Å². The van der Waals surface area contributed by atoms with Crippen LogP contribution in [0.15, 0.2) is 17.1 Å². The van der Waals surface area contributed by atoms with Gasteiger partial charge in [-0.1, -0.05) is 11.6 Å². The Bertz CT molecular complexity index is 593. The fourth-order valence-corrected chi connectivity index (χ4v) is 2.67. The molecule has 0 saturated heterocycles. The summed E-state index contributed by atoms with van der Waals surface area (Å²) in [6.07, 6.45) is 2.97. The first kappa shape index (κ1) is 19.1. The number of aliphatic imine (C=N–C) groups is 1. The maximum absolute atomic E-state index is 6.33. The number of rotatable bonds is 5. The third kappa shape index (κ3) is 5.38. The molecule has 5 nitrogen and oxygen atoms in total. The molecule has 0 saturated carbocycles. The number of halogens is 1. The van der Waals surface area contributed by atoms with Gasteiger partial charge in [-0.25, -0.2) is 0 Å². The van der Waals surface area contributed by atoms with E-state index in [2.05, 4.69) is 35.7 Å². The second-order valence-electron chi connectivity index (χ2n) is 6.20. The van der Waals surface area contributed by atoms with Crippen molar-refractivity contribution in [1.29, 1.82) is 0 Å². The Labute approximate surface area is 153 Å². The van der Waals surface area contributed by atoms with Crippen molar-refractivity contribution in [3.05, 3.63) is 22.7 Å². The first-order chi connectivity index (χ1) is 11.4. The molecule has 1 aliphatic rings. The normalized spacial score (nSPS) is 15.0. The van der Waals surface area contributed by atoms with E-state index in [4.69, 9.17) is 21.1 Å². The minimum atomic E-state index is 0.149. The molecule has 0 aliphatic carbocycles. The van der Waals surface area contributed by atoms with Crippen LogP contribution >= 0.6 is 23.4 Å². The third-order valence-electron chi connectivity index (χ3n) is 3.78. The topological polar surface area (TPSA) is 54.9 Å². The van der Waals surface area contributed by atoms with Crippen LogP contribution in [0, 0.1) is 0 Å². The number of hydrogen-bond donors (Lipinski definition) is 2. The average Bonchev–Trinajstić information content (AvgIpc) is 2.81. The first-order valence-corrected chi connectivity index (χ1v) is 9.63. The number of guanidine groups is 1. The predicted molar refractivity (Wildman–Crippen MR) is 103 cm³/mol. The van der Waals surface area contributed by atoms with Gasteiger partial charge >= 0.3 is 0 Å². The number of thioether (sulfide) groups is 1. The molecule has 0 radical (unpaired) electrons. The molecule has 0 fully saturated rings. The second-order valence-corrected chi connectivity index (χ2v) is 8.12. The number of nitrogens with zero attached hydrogens (tertiary/aromatic N) is 1. The van der Waals surface area contributed by atoms with E-state index in [0.717, 1.165) is 24.5 Å². The molecule has 7 heteroatoms. The summed E-state index contributed by atoms with van der Waals surface area (Å²) in [5.41, 5.74) is 1.02. The van der Waals surface area contributed by atoms with Gasteiger partial charge < -0.3 is 20.1 Å². The standard InChI is InChI=1S/C17H26ClN3O2S/c1-17(2,24-4)11-21-16(19-3)20-10-12-8-13(18)15-14(9-12)22-6-5-7-23-15/h8-9H,5-7,10-11H2,1-4H3,(H2,19,20,21). The van der Waals surface area contributed by atoms with E-state index >= 15 is 0 Å². The van der Waals surface area contributed by atoms with Crippen LogP contribution in [0.3, 0.4) is 0 Å². The van der Waals surface area contributed by atoms with E-state index in [0.29, 0.717) is 36.3 Å². The number of fused-ring (bicyclic) bond motifs is 1.